The summed E-state index contributed by atoms with van der Waals surface area (Å²) in [6.45, 7) is 0. The molecule has 1 aliphatic rings. The minimum Gasteiger partial charge on any atom is -0.457 e. The van der Waals surface area contributed by atoms with Crippen molar-refractivity contribution in [2.75, 3.05) is 5.01 Å². The van der Waals surface area contributed by atoms with Crippen molar-refractivity contribution in [1.29, 1.82) is 0 Å². The third-order valence-corrected chi connectivity index (χ3v) is 4.76. The maximum atomic E-state index is 12.6. The van der Waals surface area contributed by atoms with Crippen LogP contribution in [0.25, 0.3) is 17.4 Å². The molecule has 0 saturated carbocycles. The zero-order chi connectivity index (χ0) is 19.0. The Labute approximate surface area is 168 Å². The van der Waals surface area contributed by atoms with Crippen LogP contribution in [0, 0.1) is 0 Å². The lowest BCUT2D eigenvalue weighted by atomic mass is 10.2. The highest BCUT2D eigenvalue weighted by atomic mass is 79.9. The Kier molecular flexibility index (Phi) is 4.59. The van der Waals surface area contributed by atoms with Gasteiger partial charge in [0, 0.05) is 15.1 Å². The number of anilines is 1. The molecular weight excluding hydrogens is 432 g/mol. The van der Waals surface area contributed by atoms with Crippen LogP contribution in [0.1, 0.15) is 5.76 Å². The fourth-order valence-corrected chi connectivity index (χ4v) is 3.15. The Hall–Kier alpha value is -2.83. The molecule has 7 heteroatoms. The second-order valence-corrected chi connectivity index (χ2v) is 7.18. The summed E-state index contributed by atoms with van der Waals surface area (Å²) in [5.74, 6) is 0.0942. The standard InChI is InChI=1S/C20H12BrClN2O3/c21-13-6-4-12(5-7-13)18-9-8-16(27-18)11-17-19(25)23-24(20(17)26)15-3-1-2-14(22)10-15/h1-11H,(H,23,25)/b17-11+. The van der Waals surface area contributed by atoms with Crippen molar-refractivity contribution in [3.8, 4) is 11.3 Å². The molecule has 2 amide bonds. The normalized spacial score (nSPS) is 15.5. The summed E-state index contributed by atoms with van der Waals surface area (Å²) < 4.78 is 6.73. The van der Waals surface area contributed by atoms with Gasteiger partial charge in [-0.3, -0.25) is 15.0 Å². The lowest BCUT2D eigenvalue weighted by Gasteiger charge is -2.14. The summed E-state index contributed by atoms with van der Waals surface area (Å²) in [6.07, 6.45) is 1.44. The average Bonchev–Trinajstić information content (AvgIpc) is 3.23. The van der Waals surface area contributed by atoms with Gasteiger partial charge >= 0.3 is 0 Å². The lowest BCUT2D eigenvalue weighted by Crippen LogP contribution is -2.35. The zero-order valence-corrected chi connectivity index (χ0v) is 16.1. The third-order valence-electron chi connectivity index (χ3n) is 4.00. The van der Waals surface area contributed by atoms with Gasteiger partial charge < -0.3 is 4.42 Å². The number of nitrogens with zero attached hydrogens (tertiary/aromatic N) is 1. The quantitative estimate of drug-likeness (QED) is 0.466. The van der Waals surface area contributed by atoms with Gasteiger partial charge in [0.25, 0.3) is 11.8 Å². The second kappa shape index (κ2) is 7.06. The largest absolute Gasteiger partial charge is 0.457 e. The Morgan fingerprint density at radius 3 is 2.56 bits per heavy atom. The number of carbonyl (C=O) groups excluding carboxylic acids is 2. The molecule has 4 rings (SSSR count). The first kappa shape index (κ1) is 17.6. The predicted molar refractivity (Wildman–Crippen MR) is 107 cm³/mol. The molecule has 3 aromatic rings. The van der Waals surface area contributed by atoms with E-state index in [-0.39, 0.29) is 5.57 Å². The van der Waals surface area contributed by atoms with Crippen molar-refractivity contribution in [3.63, 3.8) is 0 Å². The van der Waals surface area contributed by atoms with E-state index in [1.165, 1.54) is 11.1 Å². The number of hydrogen-bond acceptors (Lipinski definition) is 3. The molecule has 0 atom stereocenters. The lowest BCUT2D eigenvalue weighted by molar-refractivity contribution is -0.117. The summed E-state index contributed by atoms with van der Waals surface area (Å²) in [7, 11) is 0. The summed E-state index contributed by atoms with van der Waals surface area (Å²) in [4.78, 5) is 24.9. The van der Waals surface area contributed by atoms with Gasteiger partial charge in [0.1, 0.15) is 17.1 Å². The Morgan fingerprint density at radius 1 is 1.04 bits per heavy atom. The fourth-order valence-electron chi connectivity index (χ4n) is 2.70. The highest BCUT2D eigenvalue weighted by molar-refractivity contribution is 9.10. The van der Waals surface area contributed by atoms with Crippen LogP contribution in [0.5, 0.6) is 0 Å². The van der Waals surface area contributed by atoms with Crippen LogP contribution in [0.15, 0.2) is 75.1 Å². The summed E-state index contributed by atoms with van der Waals surface area (Å²) in [6, 6.07) is 17.8. The predicted octanol–water partition coefficient (Wildman–Crippen LogP) is 4.82. The van der Waals surface area contributed by atoms with Gasteiger partial charge in [-0.15, -0.1) is 0 Å². The smallest absolute Gasteiger partial charge is 0.282 e. The molecule has 1 N–H and O–H groups in total. The molecule has 27 heavy (non-hydrogen) atoms. The first-order valence-electron chi connectivity index (χ1n) is 8.00. The van der Waals surface area contributed by atoms with Gasteiger partial charge in [-0.25, -0.2) is 5.01 Å². The molecule has 1 saturated heterocycles. The van der Waals surface area contributed by atoms with Crippen LogP contribution in [-0.2, 0) is 9.59 Å². The van der Waals surface area contributed by atoms with E-state index in [4.69, 9.17) is 16.0 Å². The van der Waals surface area contributed by atoms with Gasteiger partial charge in [-0.05, 0) is 48.5 Å². The summed E-state index contributed by atoms with van der Waals surface area (Å²) in [5, 5.41) is 1.63. The Balaban J connectivity index is 1.61. The number of benzene rings is 2. The minimum atomic E-state index is -0.499. The molecule has 0 bridgehead atoms. The molecule has 2 heterocycles. The highest BCUT2D eigenvalue weighted by Gasteiger charge is 2.34. The number of furan rings is 1. The average molecular weight is 444 g/mol. The molecule has 0 unspecified atom stereocenters. The maximum Gasteiger partial charge on any atom is 0.282 e. The third kappa shape index (κ3) is 3.54. The van der Waals surface area contributed by atoms with Crippen LogP contribution in [-0.4, -0.2) is 11.8 Å². The molecule has 0 radical (unpaired) electrons. The van der Waals surface area contributed by atoms with E-state index in [1.54, 1.807) is 36.4 Å². The molecule has 134 valence electrons. The maximum absolute atomic E-state index is 12.6. The first-order valence-corrected chi connectivity index (χ1v) is 9.17. The summed E-state index contributed by atoms with van der Waals surface area (Å²) in [5.41, 5.74) is 3.91. The number of nitrogens with one attached hydrogen (secondary N) is 1. The number of hydrogen-bond donors (Lipinski definition) is 1. The number of hydrazine groups is 1. The monoisotopic (exact) mass is 442 g/mol. The van der Waals surface area contributed by atoms with E-state index in [2.05, 4.69) is 21.4 Å². The van der Waals surface area contributed by atoms with Crippen molar-refractivity contribution in [1.82, 2.24) is 5.43 Å². The molecule has 0 aliphatic carbocycles. The van der Waals surface area contributed by atoms with E-state index in [9.17, 15) is 9.59 Å². The van der Waals surface area contributed by atoms with E-state index in [1.807, 2.05) is 24.3 Å². The van der Waals surface area contributed by atoms with E-state index in [0.717, 1.165) is 10.0 Å². The van der Waals surface area contributed by atoms with E-state index >= 15 is 0 Å². The Bertz CT molecular complexity index is 1070. The number of rotatable bonds is 3. The SMILES string of the molecule is O=C1NN(c2cccc(Cl)c2)C(=O)/C1=C/c1ccc(-c2ccc(Br)cc2)o1. The molecule has 1 fully saturated rings. The molecule has 0 spiro atoms. The van der Waals surface area contributed by atoms with E-state index < -0.39 is 11.8 Å². The van der Waals surface area contributed by atoms with Crippen LogP contribution >= 0.6 is 27.5 Å². The van der Waals surface area contributed by atoms with Crippen LogP contribution < -0.4 is 10.4 Å². The number of carbonyl (C=O) groups is 2. The molecule has 1 aliphatic heterocycles. The van der Waals surface area contributed by atoms with Gasteiger partial charge in [0.2, 0.25) is 0 Å². The molecule has 2 aromatic carbocycles. The topological polar surface area (TPSA) is 62.6 Å². The first-order chi connectivity index (χ1) is 13.0. The van der Waals surface area contributed by atoms with Crippen LogP contribution in [0.4, 0.5) is 5.69 Å². The highest BCUT2D eigenvalue weighted by Crippen LogP contribution is 2.27. The van der Waals surface area contributed by atoms with Crippen LogP contribution in [0.3, 0.4) is 0 Å². The van der Waals surface area contributed by atoms with Crippen molar-refractivity contribution < 1.29 is 14.0 Å². The van der Waals surface area contributed by atoms with Gasteiger partial charge in [-0.2, -0.15) is 0 Å². The zero-order valence-electron chi connectivity index (χ0n) is 13.8. The van der Waals surface area contributed by atoms with E-state index in [0.29, 0.717) is 22.2 Å². The molecule has 5 nitrogen and oxygen atoms in total. The van der Waals surface area contributed by atoms with Gasteiger partial charge in [-0.1, -0.05) is 45.7 Å². The van der Waals surface area contributed by atoms with Crippen LogP contribution in [0.2, 0.25) is 5.02 Å². The minimum absolute atomic E-state index is 0.00770. The fraction of sp³-hybridized carbons (Fsp3) is 0. The molecular formula is C20H12BrClN2O3. The van der Waals surface area contributed by atoms with Crippen molar-refractivity contribution >= 4 is 51.1 Å². The number of amides is 2. The Morgan fingerprint density at radius 2 is 1.81 bits per heavy atom. The van der Waals surface area contributed by atoms with Crippen molar-refractivity contribution in [3.05, 3.63) is 81.5 Å². The van der Waals surface area contributed by atoms with Gasteiger partial charge in [0.15, 0.2) is 0 Å². The number of halogens is 2. The second-order valence-electron chi connectivity index (χ2n) is 5.83. The van der Waals surface area contributed by atoms with Gasteiger partial charge in [0.05, 0.1) is 5.69 Å². The van der Waals surface area contributed by atoms with Crippen molar-refractivity contribution in [2.45, 2.75) is 0 Å². The molecule has 1 aromatic heterocycles. The summed E-state index contributed by atoms with van der Waals surface area (Å²) >= 11 is 9.35. The van der Waals surface area contributed by atoms with Crippen molar-refractivity contribution in [2.24, 2.45) is 0 Å².